The summed E-state index contributed by atoms with van der Waals surface area (Å²) < 4.78 is 5.67. The normalized spacial score (nSPS) is 14.4. The minimum atomic E-state index is 0.254. The Labute approximate surface area is 112 Å². The molecule has 0 aliphatic heterocycles. The molecule has 0 fully saturated rings. The summed E-state index contributed by atoms with van der Waals surface area (Å²) >= 11 is 0. The predicted molar refractivity (Wildman–Crippen MR) is 77.9 cm³/mol. The van der Waals surface area contributed by atoms with Crippen LogP contribution >= 0.6 is 0 Å². The van der Waals surface area contributed by atoms with E-state index < -0.39 is 0 Å². The lowest BCUT2D eigenvalue weighted by Crippen LogP contribution is -2.33. The van der Waals surface area contributed by atoms with Gasteiger partial charge in [0.25, 0.3) is 0 Å². The Morgan fingerprint density at radius 2 is 1.78 bits per heavy atom. The van der Waals surface area contributed by atoms with Crippen LogP contribution in [-0.2, 0) is 4.74 Å². The van der Waals surface area contributed by atoms with E-state index in [4.69, 9.17) is 4.74 Å². The maximum atomic E-state index is 5.67. The molecule has 0 bridgehead atoms. The highest BCUT2D eigenvalue weighted by Gasteiger charge is 2.21. The Morgan fingerprint density at radius 1 is 1.11 bits per heavy atom. The van der Waals surface area contributed by atoms with E-state index in [1.54, 1.807) is 0 Å². The van der Waals surface area contributed by atoms with Crippen molar-refractivity contribution in [3.05, 3.63) is 35.4 Å². The second kappa shape index (κ2) is 8.28. The summed E-state index contributed by atoms with van der Waals surface area (Å²) in [6, 6.07) is 9.08. The molecule has 1 aromatic rings. The van der Waals surface area contributed by atoms with Gasteiger partial charge >= 0.3 is 0 Å². The smallest absolute Gasteiger partial charge is 0.0765 e. The maximum absolute atomic E-state index is 5.67. The Kier molecular flexibility index (Phi) is 6.99. The first-order valence-electron chi connectivity index (χ1n) is 7.05. The zero-order valence-electron chi connectivity index (χ0n) is 12.2. The van der Waals surface area contributed by atoms with Crippen molar-refractivity contribution in [1.82, 2.24) is 5.32 Å². The number of rotatable bonds is 8. The van der Waals surface area contributed by atoms with Crippen molar-refractivity contribution in [2.24, 2.45) is 0 Å². The van der Waals surface area contributed by atoms with Gasteiger partial charge in [-0.1, -0.05) is 50.1 Å². The molecular weight excluding hydrogens is 222 g/mol. The Morgan fingerprint density at radius 3 is 2.28 bits per heavy atom. The molecule has 1 rings (SSSR count). The van der Waals surface area contributed by atoms with Gasteiger partial charge in [-0.3, -0.25) is 0 Å². The third-order valence-corrected chi connectivity index (χ3v) is 3.30. The Bertz CT molecular complexity index is 320. The molecule has 0 spiro atoms. The summed E-state index contributed by atoms with van der Waals surface area (Å²) in [6.07, 6.45) is 3.63. The summed E-state index contributed by atoms with van der Waals surface area (Å²) in [7, 11) is 1.81. The standard InChI is InChI=1S/C16H27NO/c1-5-7-15(18-4)16(17-12-6-2)14-10-8-13(3)9-11-14/h8-11,15-17H,5-7,12H2,1-4H3. The lowest BCUT2D eigenvalue weighted by Gasteiger charge is -2.27. The highest BCUT2D eigenvalue weighted by molar-refractivity contribution is 5.25. The molecule has 0 amide bonds. The molecule has 1 aromatic carbocycles. The second-order valence-corrected chi connectivity index (χ2v) is 4.91. The number of benzene rings is 1. The summed E-state index contributed by atoms with van der Waals surface area (Å²) in [5, 5.41) is 3.62. The molecule has 18 heavy (non-hydrogen) atoms. The molecule has 0 saturated heterocycles. The van der Waals surface area contributed by atoms with Crippen molar-refractivity contribution < 1.29 is 4.74 Å². The number of methoxy groups -OCH3 is 1. The quantitative estimate of drug-likeness (QED) is 0.755. The fourth-order valence-electron chi connectivity index (χ4n) is 2.24. The van der Waals surface area contributed by atoms with Gasteiger partial charge in [-0.15, -0.1) is 0 Å². The first-order chi connectivity index (χ1) is 8.72. The van der Waals surface area contributed by atoms with Crippen molar-refractivity contribution in [2.45, 2.75) is 52.2 Å². The van der Waals surface area contributed by atoms with Crippen LogP contribution in [0, 0.1) is 6.92 Å². The van der Waals surface area contributed by atoms with Crippen LogP contribution in [0.5, 0.6) is 0 Å². The predicted octanol–water partition coefficient (Wildman–Crippen LogP) is 3.85. The van der Waals surface area contributed by atoms with Crippen LogP contribution < -0.4 is 5.32 Å². The van der Waals surface area contributed by atoms with Crippen molar-refractivity contribution in [2.75, 3.05) is 13.7 Å². The van der Waals surface area contributed by atoms with E-state index in [0.29, 0.717) is 6.04 Å². The van der Waals surface area contributed by atoms with Gasteiger partial charge in [-0.25, -0.2) is 0 Å². The first-order valence-corrected chi connectivity index (χ1v) is 7.05. The van der Waals surface area contributed by atoms with Gasteiger partial charge in [-0.05, 0) is 31.9 Å². The zero-order chi connectivity index (χ0) is 13.4. The molecule has 2 unspecified atom stereocenters. The van der Waals surface area contributed by atoms with Crippen molar-refractivity contribution in [1.29, 1.82) is 0 Å². The maximum Gasteiger partial charge on any atom is 0.0765 e. The van der Waals surface area contributed by atoms with E-state index in [1.807, 2.05) is 7.11 Å². The van der Waals surface area contributed by atoms with Crippen LogP contribution in [0.25, 0.3) is 0 Å². The van der Waals surface area contributed by atoms with Gasteiger partial charge in [0.1, 0.15) is 0 Å². The summed E-state index contributed by atoms with van der Waals surface area (Å²) in [6.45, 7) is 7.55. The van der Waals surface area contributed by atoms with Gasteiger partial charge < -0.3 is 10.1 Å². The van der Waals surface area contributed by atoms with E-state index in [-0.39, 0.29) is 6.10 Å². The van der Waals surface area contributed by atoms with Crippen LogP contribution in [0.4, 0.5) is 0 Å². The third kappa shape index (κ3) is 4.43. The Hall–Kier alpha value is -0.860. The van der Waals surface area contributed by atoms with Gasteiger partial charge in [0, 0.05) is 7.11 Å². The highest BCUT2D eigenvalue weighted by Crippen LogP contribution is 2.22. The summed E-state index contributed by atoms with van der Waals surface area (Å²) in [4.78, 5) is 0. The molecule has 2 heteroatoms. The van der Waals surface area contributed by atoms with Crippen LogP contribution in [0.3, 0.4) is 0 Å². The molecule has 1 N–H and O–H groups in total. The number of hydrogen-bond donors (Lipinski definition) is 1. The number of hydrogen-bond acceptors (Lipinski definition) is 2. The Balaban J connectivity index is 2.84. The van der Waals surface area contributed by atoms with Crippen molar-refractivity contribution in [3.8, 4) is 0 Å². The van der Waals surface area contributed by atoms with Crippen LogP contribution in [-0.4, -0.2) is 19.8 Å². The molecule has 2 atom stereocenters. The summed E-state index contributed by atoms with van der Waals surface area (Å²) in [5.74, 6) is 0. The van der Waals surface area contributed by atoms with Crippen molar-refractivity contribution >= 4 is 0 Å². The SMILES string of the molecule is CCCNC(c1ccc(C)cc1)C(CCC)OC. The van der Waals surface area contributed by atoms with Crippen molar-refractivity contribution in [3.63, 3.8) is 0 Å². The zero-order valence-corrected chi connectivity index (χ0v) is 12.2. The molecule has 0 aliphatic rings. The van der Waals surface area contributed by atoms with E-state index in [2.05, 4.69) is 50.4 Å². The van der Waals surface area contributed by atoms with E-state index in [0.717, 1.165) is 25.8 Å². The third-order valence-electron chi connectivity index (χ3n) is 3.30. The summed E-state index contributed by atoms with van der Waals surface area (Å²) in [5.41, 5.74) is 2.63. The average molecular weight is 249 g/mol. The van der Waals surface area contributed by atoms with Crippen LogP contribution in [0.1, 0.15) is 50.3 Å². The number of aryl methyl sites for hydroxylation is 1. The van der Waals surface area contributed by atoms with Crippen LogP contribution in [0.2, 0.25) is 0 Å². The van der Waals surface area contributed by atoms with Gasteiger partial charge in [-0.2, -0.15) is 0 Å². The topological polar surface area (TPSA) is 21.3 Å². The lowest BCUT2D eigenvalue weighted by molar-refractivity contribution is 0.0606. The molecular formula is C16H27NO. The first kappa shape index (κ1) is 15.2. The van der Waals surface area contributed by atoms with E-state index >= 15 is 0 Å². The molecule has 0 radical (unpaired) electrons. The van der Waals surface area contributed by atoms with E-state index in [1.165, 1.54) is 11.1 Å². The molecule has 102 valence electrons. The fraction of sp³-hybridized carbons (Fsp3) is 0.625. The number of ether oxygens (including phenoxy) is 1. The molecule has 0 saturated carbocycles. The molecule has 0 heterocycles. The molecule has 0 aromatic heterocycles. The van der Waals surface area contributed by atoms with E-state index in [9.17, 15) is 0 Å². The monoisotopic (exact) mass is 249 g/mol. The molecule has 2 nitrogen and oxygen atoms in total. The second-order valence-electron chi connectivity index (χ2n) is 4.91. The van der Waals surface area contributed by atoms with Gasteiger partial charge in [0.15, 0.2) is 0 Å². The fourth-order valence-corrected chi connectivity index (χ4v) is 2.24. The number of nitrogens with one attached hydrogen (secondary N) is 1. The lowest BCUT2D eigenvalue weighted by atomic mass is 9.97. The highest BCUT2D eigenvalue weighted by atomic mass is 16.5. The molecule has 0 aliphatic carbocycles. The van der Waals surface area contributed by atoms with Gasteiger partial charge in [0.2, 0.25) is 0 Å². The van der Waals surface area contributed by atoms with Crippen LogP contribution in [0.15, 0.2) is 24.3 Å². The minimum Gasteiger partial charge on any atom is -0.379 e. The average Bonchev–Trinajstić information content (AvgIpc) is 2.39. The largest absolute Gasteiger partial charge is 0.379 e. The van der Waals surface area contributed by atoms with Gasteiger partial charge in [0.05, 0.1) is 12.1 Å². The minimum absolute atomic E-state index is 0.254.